The normalized spacial score (nSPS) is 12.2. The van der Waals surface area contributed by atoms with Gasteiger partial charge in [0.2, 0.25) is 0 Å². The van der Waals surface area contributed by atoms with E-state index in [1.165, 1.54) is 0 Å². The number of nitriles is 1. The van der Waals surface area contributed by atoms with Crippen molar-refractivity contribution in [2.45, 2.75) is 4.90 Å². The van der Waals surface area contributed by atoms with Crippen LogP contribution in [-0.4, -0.2) is 10.8 Å². The molecule has 12 heavy (non-hydrogen) atoms. The maximum atomic E-state index is 11.0. The first-order valence-electron chi connectivity index (χ1n) is 3.17. The third kappa shape index (κ3) is 2.24. The van der Waals surface area contributed by atoms with Gasteiger partial charge in [-0.2, -0.15) is 5.26 Å². The first kappa shape index (κ1) is 9.59. The van der Waals surface area contributed by atoms with Gasteiger partial charge in [-0.25, -0.2) is 0 Å². The summed E-state index contributed by atoms with van der Waals surface area (Å²) in [6.45, 7) is 0. The Hall–Kier alpha value is -0.500. The van der Waals surface area contributed by atoms with E-state index in [2.05, 4.69) is 15.9 Å². The zero-order valence-electron chi connectivity index (χ0n) is 6.37. The Kier molecular flexibility index (Phi) is 3.15. The Morgan fingerprint density at radius 1 is 1.50 bits per heavy atom. The quantitative estimate of drug-likeness (QED) is 0.710. The van der Waals surface area contributed by atoms with Gasteiger partial charge in [0.25, 0.3) is 0 Å². The molecule has 2 nitrogen and oxygen atoms in total. The van der Waals surface area contributed by atoms with Gasteiger partial charge >= 0.3 is 0 Å². The lowest BCUT2D eigenvalue weighted by atomic mass is 10.2. The minimum Gasteiger partial charge on any atom is -0.612 e. The van der Waals surface area contributed by atoms with Crippen LogP contribution in [0.1, 0.15) is 5.56 Å². The van der Waals surface area contributed by atoms with Crippen molar-refractivity contribution in [3.8, 4) is 6.07 Å². The van der Waals surface area contributed by atoms with E-state index in [1.807, 2.05) is 6.07 Å². The van der Waals surface area contributed by atoms with Crippen LogP contribution in [0.25, 0.3) is 0 Å². The predicted molar refractivity (Wildman–Crippen MR) is 51.2 cm³/mol. The fraction of sp³-hybridized carbons (Fsp3) is 0.125. The Morgan fingerprint density at radius 2 is 2.17 bits per heavy atom. The lowest BCUT2D eigenvalue weighted by Crippen LogP contribution is -1.97. The molecule has 0 bridgehead atoms. The van der Waals surface area contributed by atoms with Crippen LogP contribution in [0.15, 0.2) is 27.6 Å². The van der Waals surface area contributed by atoms with Gasteiger partial charge in [-0.05, 0) is 17.2 Å². The van der Waals surface area contributed by atoms with Crippen molar-refractivity contribution in [1.82, 2.24) is 0 Å². The SMILES string of the molecule is C[S+]([O-])c1cc(Br)cc(C#N)c1. The van der Waals surface area contributed by atoms with Crippen LogP contribution in [0.5, 0.6) is 0 Å². The van der Waals surface area contributed by atoms with Crippen LogP contribution in [0.2, 0.25) is 0 Å². The minimum absolute atomic E-state index is 0.523. The molecule has 0 aliphatic rings. The van der Waals surface area contributed by atoms with Crippen molar-refractivity contribution in [2.75, 3.05) is 6.26 Å². The second kappa shape index (κ2) is 3.94. The number of rotatable bonds is 1. The topological polar surface area (TPSA) is 46.8 Å². The molecule has 0 saturated carbocycles. The highest BCUT2D eigenvalue weighted by Gasteiger charge is 2.06. The molecule has 0 aliphatic carbocycles. The van der Waals surface area contributed by atoms with Gasteiger partial charge in [-0.1, -0.05) is 15.9 Å². The molecule has 0 heterocycles. The van der Waals surface area contributed by atoms with Crippen LogP contribution in [0.3, 0.4) is 0 Å². The molecule has 0 aromatic heterocycles. The molecule has 1 aromatic rings. The van der Waals surface area contributed by atoms with Gasteiger partial charge in [0.05, 0.1) is 11.6 Å². The van der Waals surface area contributed by atoms with E-state index < -0.39 is 11.2 Å². The molecule has 1 aromatic carbocycles. The third-order valence-electron chi connectivity index (χ3n) is 1.33. The van der Waals surface area contributed by atoms with Gasteiger partial charge in [0.1, 0.15) is 6.26 Å². The Morgan fingerprint density at radius 3 is 2.67 bits per heavy atom. The molecule has 0 N–H and O–H groups in total. The molecule has 0 radical (unpaired) electrons. The molecule has 0 fully saturated rings. The summed E-state index contributed by atoms with van der Waals surface area (Å²) >= 11 is 2.20. The van der Waals surface area contributed by atoms with Crippen LogP contribution >= 0.6 is 15.9 Å². The monoisotopic (exact) mass is 243 g/mol. The van der Waals surface area contributed by atoms with E-state index in [9.17, 15) is 4.55 Å². The standard InChI is InChI=1S/C8H6BrNOS/c1-12(11)8-3-6(5-10)2-7(9)4-8/h2-4H,1H3. The smallest absolute Gasteiger partial charge is 0.154 e. The van der Waals surface area contributed by atoms with Crippen molar-refractivity contribution >= 4 is 27.1 Å². The van der Waals surface area contributed by atoms with Crippen LogP contribution in [0.4, 0.5) is 0 Å². The minimum atomic E-state index is -1.03. The molecular formula is C8H6BrNOS. The van der Waals surface area contributed by atoms with Crippen LogP contribution in [0, 0.1) is 11.3 Å². The lowest BCUT2D eigenvalue weighted by Gasteiger charge is -2.04. The summed E-state index contributed by atoms with van der Waals surface area (Å²) in [6, 6.07) is 7.06. The average molecular weight is 244 g/mol. The largest absolute Gasteiger partial charge is 0.612 e. The van der Waals surface area contributed by atoms with Gasteiger partial charge in [-0.15, -0.1) is 0 Å². The van der Waals surface area contributed by atoms with E-state index in [0.717, 1.165) is 4.47 Å². The highest BCUT2D eigenvalue weighted by molar-refractivity contribution is 9.10. The molecule has 4 heteroatoms. The Labute approximate surface area is 82.5 Å². The summed E-state index contributed by atoms with van der Waals surface area (Å²) in [5.74, 6) is 0. The van der Waals surface area contributed by atoms with Crippen molar-refractivity contribution in [3.05, 3.63) is 28.2 Å². The van der Waals surface area contributed by atoms with Gasteiger partial charge in [0, 0.05) is 16.6 Å². The Bertz CT molecular complexity index is 332. The number of hydrogen-bond acceptors (Lipinski definition) is 2. The van der Waals surface area contributed by atoms with Crippen LogP contribution < -0.4 is 0 Å². The number of halogens is 1. The maximum Gasteiger partial charge on any atom is 0.154 e. The Balaban J connectivity index is 3.17. The second-order valence-electron chi connectivity index (χ2n) is 2.24. The third-order valence-corrected chi connectivity index (χ3v) is 2.69. The molecular weight excluding hydrogens is 238 g/mol. The van der Waals surface area contributed by atoms with Crippen molar-refractivity contribution < 1.29 is 4.55 Å². The molecule has 62 valence electrons. The van der Waals surface area contributed by atoms with E-state index >= 15 is 0 Å². The fourth-order valence-corrected chi connectivity index (χ4v) is 2.02. The zero-order valence-corrected chi connectivity index (χ0v) is 8.78. The molecule has 0 spiro atoms. The number of benzene rings is 1. The molecule has 1 rings (SSSR count). The summed E-state index contributed by atoms with van der Waals surface area (Å²) in [5, 5.41) is 8.60. The summed E-state index contributed by atoms with van der Waals surface area (Å²) < 4.78 is 11.8. The second-order valence-corrected chi connectivity index (χ2v) is 4.54. The van der Waals surface area contributed by atoms with E-state index in [0.29, 0.717) is 10.5 Å². The number of nitrogens with zero attached hydrogens (tertiary/aromatic N) is 1. The summed E-state index contributed by atoms with van der Waals surface area (Å²) in [6.07, 6.45) is 1.59. The van der Waals surface area contributed by atoms with Gasteiger partial charge in [0.15, 0.2) is 4.90 Å². The molecule has 0 saturated heterocycles. The molecule has 0 aliphatic heterocycles. The maximum absolute atomic E-state index is 11.0. The average Bonchev–Trinajstić information content (AvgIpc) is 2.03. The first-order chi connectivity index (χ1) is 5.63. The summed E-state index contributed by atoms with van der Waals surface area (Å²) in [7, 11) is 0. The van der Waals surface area contributed by atoms with E-state index in [-0.39, 0.29) is 0 Å². The van der Waals surface area contributed by atoms with Gasteiger partial charge < -0.3 is 4.55 Å². The fourth-order valence-electron chi connectivity index (χ4n) is 0.793. The first-order valence-corrected chi connectivity index (χ1v) is 5.52. The van der Waals surface area contributed by atoms with Crippen LogP contribution in [-0.2, 0) is 11.2 Å². The highest BCUT2D eigenvalue weighted by atomic mass is 79.9. The highest BCUT2D eigenvalue weighted by Crippen LogP contribution is 2.18. The summed E-state index contributed by atoms with van der Waals surface area (Å²) in [4.78, 5) is 0.668. The van der Waals surface area contributed by atoms with Gasteiger partial charge in [-0.3, -0.25) is 0 Å². The molecule has 1 unspecified atom stereocenters. The summed E-state index contributed by atoms with van der Waals surface area (Å²) in [5.41, 5.74) is 0.523. The lowest BCUT2D eigenvalue weighted by molar-refractivity contribution is 0.600. The number of hydrogen-bond donors (Lipinski definition) is 0. The zero-order chi connectivity index (χ0) is 9.14. The van der Waals surface area contributed by atoms with E-state index in [4.69, 9.17) is 5.26 Å². The van der Waals surface area contributed by atoms with Crippen molar-refractivity contribution in [3.63, 3.8) is 0 Å². The van der Waals surface area contributed by atoms with Crippen molar-refractivity contribution in [2.24, 2.45) is 0 Å². The van der Waals surface area contributed by atoms with E-state index in [1.54, 1.807) is 24.5 Å². The predicted octanol–water partition coefficient (Wildman–Crippen LogP) is 2.06. The molecule has 0 amide bonds. The molecule has 1 atom stereocenters. The van der Waals surface area contributed by atoms with Crippen molar-refractivity contribution in [1.29, 1.82) is 5.26 Å².